The maximum absolute atomic E-state index is 11.4. The highest BCUT2D eigenvalue weighted by Crippen LogP contribution is 2.12. The van der Waals surface area contributed by atoms with Crippen LogP contribution in [0.5, 0.6) is 0 Å². The highest BCUT2D eigenvalue weighted by atomic mass is 17.2. The van der Waals surface area contributed by atoms with Gasteiger partial charge in [0, 0.05) is 0 Å². The summed E-state index contributed by atoms with van der Waals surface area (Å²) < 4.78 is 0. The molecule has 192 valence electrons. The molecule has 0 heterocycles. The Labute approximate surface area is 201 Å². The molecule has 0 amide bonds. The van der Waals surface area contributed by atoms with E-state index in [1.807, 2.05) is 6.07 Å². The first kappa shape index (κ1) is 33.3. The molecule has 0 fully saturated rings. The van der Waals surface area contributed by atoms with Crippen molar-refractivity contribution in [3.05, 3.63) is 35.9 Å². The van der Waals surface area contributed by atoms with Gasteiger partial charge in [-0.2, -0.15) is 0 Å². The smallest absolute Gasteiger partial charge is 0.255 e. The molecule has 1 aromatic rings. The van der Waals surface area contributed by atoms with Crippen molar-refractivity contribution in [2.24, 2.45) is 0 Å². The molecule has 2 N–H and O–H groups in total. The van der Waals surface area contributed by atoms with Gasteiger partial charge in [0.15, 0.2) is 0 Å². The third kappa shape index (κ3) is 24.6. The Kier molecular flexibility index (Phi) is 26.5. The summed E-state index contributed by atoms with van der Waals surface area (Å²) in [5, 5.41) is 12.0. The fourth-order valence-electron chi connectivity index (χ4n) is 3.11. The van der Waals surface area contributed by atoms with Gasteiger partial charge in [-0.1, -0.05) is 122 Å². The van der Waals surface area contributed by atoms with Gasteiger partial charge in [0.2, 0.25) is 0 Å². The largest absolute Gasteiger partial charge is 0.355 e. The van der Waals surface area contributed by atoms with Crippen LogP contribution >= 0.6 is 0 Å². The molecule has 0 saturated heterocycles. The van der Waals surface area contributed by atoms with Crippen LogP contribution in [0, 0.1) is 0 Å². The molecule has 0 aliphatic carbocycles. The normalized spacial score (nSPS) is 9.91. The van der Waals surface area contributed by atoms with Gasteiger partial charge in [0.05, 0.1) is 12.8 Å². The topological polar surface area (TPSA) is 93.1 Å². The van der Waals surface area contributed by atoms with Gasteiger partial charge in [0.25, 0.3) is 0 Å². The Morgan fingerprint density at radius 1 is 0.667 bits per heavy atom. The van der Waals surface area contributed by atoms with Crippen LogP contribution in [-0.2, 0) is 19.4 Å². The average Bonchev–Trinajstić information content (AvgIpc) is 2.84. The van der Waals surface area contributed by atoms with E-state index in [1.54, 1.807) is 0 Å². The second kappa shape index (κ2) is 26.3. The van der Waals surface area contributed by atoms with Crippen LogP contribution in [0.2, 0.25) is 0 Å². The third-order valence-corrected chi connectivity index (χ3v) is 5.16. The minimum Gasteiger partial charge on any atom is -0.255 e. The van der Waals surface area contributed by atoms with Gasteiger partial charge in [-0.05, 0) is 24.3 Å². The van der Waals surface area contributed by atoms with Crippen molar-refractivity contribution in [3.8, 4) is 0 Å². The molecule has 6 nitrogen and oxygen atoms in total. The lowest BCUT2D eigenvalue weighted by Gasteiger charge is -2.04. The second-order valence-corrected chi connectivity index (χ2v) is 8.51. The van der Waals surface area contributed by atoms with Crippen LogP contribution in [0.1, 0.15) is 129 Å². The van der Waals surface area contributed by atoms with Crippen molar-refractivity contribution >= 4 is 11.9 Å². The highest BCUT2D eigenvalue weighted by molar-refractivity contribution is 5.72. The molecule has 0 aromatic heterocycles. The Bertz CT molecular complexity index is 517. The summed E-state index contributed by atoms with van der Waals surface area (Å²) in [5.41, 5.74) is 1.41. The second-order valence-electron chi connectivity index (χ2n) is 8.51. The summed E-state index contributed by atoms with van der Waals surface area (Å²) in [4.78, 5) is 31.8. The van der Waals surface area contributed by atoms with Gasteiger partial charge < -0.3 is 0 Å². The fourth-order valence-corrected chi connectivity index (χ4v) is 3.11. The number of hydrogen-bond acceptors (Lipinski definition) is 6. The number of rotatable bonds is 15. The van der Waals surface area contributed by atoms with Crippen molar-refractivity contribution in [3.63, 3.8) is 0 Å². The van der Waals surface area contributed by atoms with Crippen LogP contribution in [0.3, 0.4) is 0 Å². The summed E-state index contributed by atoms with van der Waals surface area (Å²) >= 11 is 0. The standard InChI is InChI=1S/C18H34O4.C9H12.H2O2/c1-3-5-7-9-11-13-15-17(19)21-22-18(20)16-14-12-10-8-6-4-2;1-8(2)9-6-4-3-5-7-9;1-2/h3-16H2,1-2H3;3-8H,1-2H3;1-2H. The lowest BCUT2D eigenvalue weighted by atomic mass is 10.0. The van der Waals surface area contributed by atoms with Gasteiger partial charge in [-0.3, -0.25) is 10.5 Å². The zero-order valence-electron chi connectivity index (χ0n) is 21.4. The van der Waals surface area contributed by atoms with Crippen LogP contribution < -0.4 is 0 Å². The Balaban J connectivity index is 0. The summed E-state index contributed by atoms with van der Waals surface area (Å²) in [5.74, 6) is -0.218. The zero-order chi connectivity index (χ0) is 25.2. The lowest BCUT2D eigenvalue weighted by molar-refractivity contribution is -0.259. The molecule has 1 aromatic carbocycles. The van der Waals surface area contributed by atoms with Crippen LogP contribution in [0.15, 0.2) is 30.3 Å². The maximum atomic E-state index is 11.4. The molecule has 0 atom stereocenters. The molecule has 0 bridgehead atoms. The SMILES string of the molecule is CC(C)c1ccccc1.CCCCCCCCC(=O)OOC(=O)CCCCCCCC.OO. The van der Waals surface area contributed by atoms with E-state index in [2.05, 4.69) is 61.7 Å². The van der Waals surface area contributed by atoms with Crippen LogP contribution in [0.25, 0.3) is 0 Å². The van der Waals surface area contributed by atoms with E-state index in [1.165, 1.54) is 44.1 Å². The lowest BCUT2D eigenvalue weighted by Crippen LogP contribution is -2.11. The molecule has 0 radical (unpaired) electrons. The predicted molar refractivity (Wildman–Crippen MR) is 134 cm³/mol. The van der Waals surface area contributed by atoms with Crippen molar-refractivity contribution in [2.75, 3.05) is 0 Å². The van der Waals surface area contributed by atoms with Gasteiger partial charge >= 0.3 is 11.9 Å². The van der Waals surface area contributed by atoms with Crippen molar-refractivity contribution in [2.45, 2.75) is 124 Å². The number of hydrogen-bond donors (Lipinski definition) is 2. The molecule has 0 aliphatic rings. The van der Waals surface area contributed by atoms with E-state index in [-0.39, 0.29) is 0 Å². The fraction of sp³-hybridized carbons (Fsp3) is 0.704. The first-order valence-corrected chi connectivity index (χ1v) is 12.7. The number of carbonyl (C=O) groups is 2. The quantitative estimate of drug-likeness (QED) is 0.153. The third-order valence-electron chi connectivity index (χ3n) is 5.16. The van der Waals surface area contributed by atoms with E-state index >= 15 is 0 Å². The van der Waals surface area contributed by atoms with Crippen molar-refractivity contribution < 1.29 is 29.9 Å². The first-order valence-electron chi connectivity index (χ1n) is 12.7. The van der Waals surface area contributed by atoms with Gasteiger partial charge in [0.1, 0.15) is 0 Å². The minimum absolute atomic E-state index is 0.330. The molecule has 0 aliphatic heterocycles. The average molecular weight is 469 g/mol. The molecule has 33 heavy (non-hydrogen) atoms. The first-order chi connectivity index (χ1) is 16.0. The summed E-state index contributed by atoms with van der Waals surface area (Å²) in [6.45, 7) is 8.76. The number of benzene rings is 1. The van der Waals surface area contributed by atoms with E-state index < -0.39 is 11.9 Å². The van der Waals surface area contributed by atoms with E-state index in [9.17, 15) is 9.59 Å². The Morgan fingerprint density at radius 2 is 1.03 bits per heavy atom. The minimum atomic E-state index is -0.438. The summed E-state index contributed by atoms with van der Waals surface area (Å²) in [6.07, 6.45) is 14.0. The molecule has 1 rings (SSSR count). The number of carbonyl (C=O) groups excluding carboxylic acids is 2. The molecule has 0 spiro atoms. The van der Waals surface area contributed by atoms with Crippen LogP contribution in [-0.4, -0.2) is 22.5 Å². The maximum Gasteiger partial charge on any atom is 0.355 e. The Hall–Kier alpha value is -1.92. The van der Waals surface area contributed by atoms with Crippen molar-refractivity contribution in [1.29, 1.82) is 0 Å². The molecule has 0 unspecified atom stereocenters. The molecule has 6 heteroatoms. The number of unbranched alkanes of at least 4 members (excludes halogenated alkanes) is 10. The molecular formula is C27H48O6. The van der Waals surface area contributed by atoms with E-state index in [0.29, 0.717) is 18.8 Å². The molecular weight excluding hydrogens is 420 g/mol. The summed E-state index contributed by atoms with van der Waals surface area (Å²) in [7, 11) is 0. The monoisotopic (exact) mass is 468 g/mol. The van der Waals surface area contributed by atoms with Crippen molar-refractivity contribution in [1.82, 2.24) is 0 Å². The molecule has 0 saturated carbocycles. The Morgan fingerprint density at radius 3 is 1.36 bits per heavy atom. The van der Waals surface area contributed by atoms with E-state index in [0.717, 1.165) is 38.5 Å². The van der Waals surface area contributed by atoms with Gasteiger partial charge in [-0.25, -0.2) is 19.4 Å². The van der Waals surface area contributed by atoms with E-state index in [4.69, 9.17) is 10.5 Å². The highest BCUT2D eigenvalue weighted by Gasteiger charge is 2.09. The summed E-state index contributed by atoms with van der Waals surface area (Å²) in [6, 6.07) is 10.5. The predicted octanol–water partition coefficient (Wildman–Crippen LogP) is 8.32. The van der Waals surface area contributed by atoms with Crippen LogP contribution in [0.4, 0.5) is 0 Å². The zero-order valence-corrected chi connectivity index (χ0v) is 21.4. The van der Waals surface area contributed by atoms with Gasteiger partial charge in [-0.15, -0.1) is 0 Å².